The number of carbonyl (C=O) groups is 2. The average molecular weight is 389 g/mol. The number of allylic oxidation sites excluding steroid dienone is 1. The van der Waals surface area contributed by atoms with Crippen LogP contribution in [0.2, 0.25) is 0 Å². The Hall–Kier alpha value is -1.32. The second-order valence-electron chi connectivity index (χ2n) is 10.8. The van der Waals surface area contributed by atoms with Gasteiger partial charge in [-0.05, 0) is 67.6 Å². The fourth-order valence-corrected chi connectivity index (χ4v) is 7.46. The minimum absolute atomic E-state index is 0.0870. The van der Waals surface area contributed by atoms with E-state index in [0.717, 1.165) is 19.3 Å². The molecule has 0 spiro atoms. The van der Waals surface area contributed by atoms with E-state index < -0.39 is 0 Å². The summed E-state index contributed by atoms with van der Waals surface area (Å²) in [4.78, 5) is 25.3. The summed E-state index contributed by atoms with van der Waals surface area (Å²) < 4.78 is 11.2. The topological polar surface area (TPSA) is 52.6 Å². The summed E-state index contributed by atoms with van der Waals surface area (Å²) in [5, 5.41) is 0. The van der Waals surface area contributed by atoms with Gasteiger partial charge in [0.1, 0.15) is 6.10 Å². The van der Waals surface area contributed by atoms with E-state index in [1.165, 1.54) is 31.9 Å². The molecule has 1 saturated heterocycles. The summed E-state index contributed by atoms with van der Waals surface area (Å²) in [6.07, 6.45) is 6.97. The zero-order valence-electron chi connectivity index (χ0n) is 18.2. The van der Waals surface area contributed by atoms with E-state index in [1.54, 1.807) is 0 Å². The quantitative estimate of drug-likeness (QED) is 0.498. The summed E-state index contributed by atoms with van der Waals surface area (Å²) in [5.74, 6) is 0.320. The minimum atomic E-state index is -0.338. The van der Waals surface area contributed by atoms with Crippen molar-refractivity contribution in [2.45, 2.75) is 78.7 Å². The van der Waals surface area contributed by atoms with Gasteiger partial charge in [0.25, 0.3) is 0 Å². The molecule has 0 N–H and O–H groups in total. The third-order valence-electron chi connectivity index (χ3n) is 9.87. The Morgan fingerprint density at radius 1 is 1.25 bits per heavy atom. The summed E-state index contributed by atoms with van der Waals surface area (Å²) in [6, 6.07) is 0. The smallest absolute Gasteiger partial charge is 0.309 e. The SMILES string of the molecule is C=C1CCC[C@@H]2[C@@](C)([C@@H]3C[C@]4(C)[C@@H](C(=O)OC)C[C@@H]4C(=O)O3)[C@H](C)CC[C@@]12C. The van der Waals surface area contributed by atoms with E-state index in [9.17, 15) is 9.59 Å². The highest BCUT2D eigenvalue weighted by Gasteiger charge is 2.67. The van der Waals surface area contributed by atoms with Crippen molar-refractivity contribution in [3.63, 3.8) is 0 Å². The van der Waals surface area contributed by atoms with Crippen LogP contribution in [0.4, 0.5) is 0 Å². The van der Waals surface area contributed by atoms with Crippen LogP contribution in [0.15, 0.2) is 12.2 Å². The zero-order valence-corrected chi connectivity index (χ0v) is 18.2. The normalized spacial score (nSPS) is 50.7. The first-order valence-electron chi connectivity index (χ1n) is 11.1. The van der Waals surface area contributed by atoms with Gasteiger partial charge in [-0.15, -0.1) is 0 Å². The molecule has 0 bridgehead atoms. The molecule has 0 aromatic carbocycles. The molecule has 0 radical (unpaired) electrons. The zero-order chi connectivity index (χ0) is 20.5. The van der Waals surface area contributed by atoms with Gasteiger partial charge in [0.05, 0.1) is 18.9 Å². The van der Waals surface area contributed by atoms with Crippen molar-refractivity contribution < 1.29 is 19.1 Å². The fourth-order valence-electron chi connectivity index (χ4n) is 7.46. The number of fused-ring (bicyclic) bond motifs is 2. The lowest BCUT2D eigenvalue weighted by atomic mass is 9.42. The van der Waals surface area contributed by atoms with Gasteiger partial charge in [0.15, 0.2) is 0 Å². The minimum Gasteiger partial charge on any atom is -0.469 e. The van der Waals surface area contributed by atoms with Crippen LogP contribution in [0.3, 0.4) is 0 Å². The number of cyclic esters (lactones) is 1. The average Bonchev–Trinajstić information content (AvgIpc) is 2.64. The Morgan fingerprint density at radius 3 is 2.64 bits per heavy atom. The molecule has 4 aliphatic rings. The molecule has 156 valence electrons. The number of hydrogen-bond donors (Lipinski definition) is 0. The van der Waals surface area contributed by atoms with E-state index in [1.807, 2.05) is 0 Å². The first-order valence-corrected chi connectivity index (χ1v) is 11.1. The molecule has 0 unspecified atom stereocenters. The molecule has 1 aliphatic heterocycles. The number of carbonyl (C=O) groups excluding carboxylic acids is 2. The first kappa shape index (κ1) is 20.0. The molecule has 1 heterocycles. The van der Waals surface area contributed by atoms with Gasteiger partial charge >= 0.3 is 11.9 Å². The standard InChI is InChI=1S/C24H36O4/c1-14-8-7-9-18-22(14,3)11-10-15(2)24(18,5)19-13-23(4)16(20(25)27-6)12-17(23)21(26)28-19/h15-19H,1,7-13H2,2-6H3/t15-,16-,17-,18+,19+,22+,23-,24+/m1/s1. The highest BCUT2D eigenvalue weighted by molar-refractivity contribution is 5.83. The van der Waals surface area contributed by atoms with Crippen LogP contribution in [0.1, 0.15) is 72.6 Å². The van der Waals surface area contributed by atoms with Gasteiger partial charge in [0.2, 0.25) is 0 Å². The lowest BCUT2D eigenvalue weighted by Crippen LogP contribution is -2.65. The summed E-state index contributed by atoms with van der Waals surface area (Å²) in [6.45, 7) is 13.6. The Labute approximate surface area is 169 Å². The van der Waals surface area contributed by atoms with Crippen molar-refractivity contribution in [3.8, 4) is 0 Å². The second-order valence-corrected chi connectivity index (χ2v) is 10.8. The number of ether oxygens (including phenoxy) is 2. The van der Waals surface area contributed by atoms with Crippen LogP contribution in [-0.2, 0) is 19.1 Å². The van der Waals surface area contributed by atoms with Gasteiger partial charge in [0, 0.05) is 5.41 Å². The monoisotopic (exact) mass is 388 g/mol. The summed E-state index contributed by atoms with van der Waals surface area (Å²) in [7, 11) is 1.45. The Balaban J connectivity index is 1.69. The number of methoxy groups -OCH3 is 1. The molecule has 8 atom stereocenters. The fraction of sp³-hybridized carbons (Fsp3) is 0.833. The van der Waals surface area contributed by atoms with Crippen LogP contribution in [0.5, 0.6) is 0 Å². The Morgan fingerprint density at radius 2 is 1.96 bits per heavy atom. The van der Waals surface area contributed by atoms with E-state index in [0.29, 0.717) is 18.3 Å². The van der Waals surface area contributed by atoms with E-state index in [4.69, 9.17) is 9.47 Å². The summed E-state index contributed by atoms with van der Waals surface area (Å²) in [5.41, 5.74) is 1.08. The second kappa shape index (κ2) is 6.34. The van der Waals surface area contributed by atoms with Crippen LogP contribution in [0, 0.1) is 39.9 Å². The molecule has 3 aliphatic carbocycles. The number of esters is 2. The lowest BCUT2D eigenvalue weighted by Gasteiger charge is -2.64. The maximum Gasteiger partial charge on any atom is 0.309 e. The largest absolute Gasteiger partial charge is 0.469 e. The van der Waals surface area contributed by atoms with Crippen LogP contribution < -0.4 is 0 Å². The highest BCUT2D eigenvalue weighted by atomic mass is 16.5. The Kier molecular flexibility index (Phi) is 4.52. The predicted molar refractivity (Wildman–Crippen MR) is 107 cm³/mol. The molecule has 28 heavy (non-hydrogen) atoms. The van der Waals surface area contributed by atoms with E-state index >= 15 is 0 Å². The third kappa shape index (κ3) is 2.42. The molecule has 4 heteroatoms. The molecular formula is C24H36O4. The first-order chi connectivity index (χ1) is 13.1. The van der Waals surface area contributed by atoms with Crippen molar-refractivity contribution >= 4 is 11.9 Å². The molecule has 4 nitrogen and oxygen atoms in total. The van der Waals surface area contributed by atoms with E-state index in [2.05, 4.69) is 34.3 Å². The number of hydrogen-bond acceptors (Lipinski definition) is 4. The highest BCUT2D eigenvalue weighted by Crippen LogP contribution is 2.67. The Bertz CT molecular complexity index is 713. The molecular weight excluding hydrogens is 352 g/mol. The van der Waals surface area contributed by atoms with E-state index in [-0.39, 0.29) is 46.1 Å². The third-order valence-corrected chi connectivity index (χ3v) is 9.87. The molecule has 4 rings (SSSR count). The van der Waals surface area contributed by atoms with Crippen LogP contribution in [-0.4, -0.2) is 25.2 Å². The van der Waals surface area contributed by atoms with Gasteiger partial charge in [-0.25, -0.2) is 0 Å². The molecule has 3 saturated carbocycles. The van der Waals surface area contributed by atoms with Crippen molar-refractivity contribution in [3.05, 3.63) is 12.2 Å². The lowest BCUT2D eigenvalue weighted by molar-refractivity contribution is -0.231. The maximum absolute atomic E-state index is 12.9. The summed E-state index contributed by atoms with van der Waals surface area (Å²) >= 11 is 0. The van der Waals surface area contributed by atoms with Crippen LogP contribution >= 0.6 is 0 Å². The molecule has 0 amide bonds. The van der Waals surface area contributed by atoms with Crippen molar-refractivity contribution in [1.29, 1.82) is 0 Å². The predicted octanol–water partition coefficient (Wildman–Crippen LogP) is 4.92. The van der Waals surface area contributed by atoms with Crippen LogP contribution in [0.25, 0.3) is 0 Å². The van der Waals surface area contributed by atoms with Gasteiger partial charge < -0.3 is 9.47 Å². The van der Waals surface area contributed by atoms with Crippen molar-refractivity contribution in [1.82, 2.24) is 0 Å². The van der Waals surface area contributed by atoms with Gasteiger partial charge in [-0.3, -0.25) is 9.59 Å². The van der Waals surface area contributed by atoms with Gasteiger partial charge in [-0.1, -0.05) is 39.8 Å². The molecule has 0 aromatic rings. The number of rotatable bonds is 2. The van der Waals surface area contributed by atoms with Crippen molar-refractivity contribution in [2.75, 3.05) is 7.11 Å². The van der Waals surface area contributed by atoms with Gasteiger partial charge in [-0.2, -0.15) is 0 Å². The molecule has 0 aromatic heterocycles. The maximum atomic E-state index is 12.9. The van der Waals surface area contributed by atoms with Crippen molar-refractivity contribution in [2.24, 2.45) is 39.9 Å². The molecule has 4 fully saturated rings.